The van der Waals surface area contributed by atoms with E-state index >= 15 is 0 Å². The van der Waals surface area contributed by atoms with E-state index in [1.807, 2.05) is 20.8 Å². The molecule has 0 rings (SSSR count). The van der Waals surface area contributed by atoms with Crippen molar-refractivity contribution in [3.05, 3.63) is 0 Å². The highest BCUT2D eigenvalue weighted by Gasteiger charge is 2.35. The van der Waals surface area contributed by atoms with Crippen LogP contribution in [0.5, 0.6) is 0 Å². The first-order valence-corrected chi connectivity index (χ1v) is 5.18. The maximum Gasteiger partial charge on any atom is 0.323 e. The number of hydrogen-bond donors (Lipinski definition) is 3. The second kappa shape index (κ2) is 5.98. The molecule has 0 bridgehead atoms. The molecule has 4 heteroatoms. The van der Waals surface area contributed by atoms with Gasteiger partial charge in [-0.1, -0.05) is 20.8 Å². The van der Waals surface area contributed by atoms with Gasteiger partial charge in [0.1, 0.15) is 5.54 Å². The van der Waals surface area contributed by atoms with Gasteiger partial charge in [-0.05, 0) is 19.3 Å². The predicted molar refractivity (Wildman–Crippen MR) is 55.2 cm³/mol. The van der Waals surface area contributed by atoms with Crippen molar-refractivity contribution in [3.63, 3.8) is 0 Å². The smallest absolute Gasteiger partial charge is 0.323 e. The summed E-state index contributed by atoms with van der Waals surface area (Å²) in [6, 6.07) is -0.133. The molecule has 1 unspecified atom stereocenters. The van der Waals surface area contributed by atoms with Crippen molar-refractivity contribution < 1.29 is 15.0 Å². The van der Waals surface area contributed by atoms with Gasteiger partial charge in [0.15, 0.2) is 0 Å². The Hall–Kier alpha value is -0.610. The van der Waals surface area contributed by atoms with Crippen LogP contribution < -0.4 is 5.32 Å². The number of aliphatic carboxylic acids is 1. The van der Waals surface area contributed by atoms with Crippen LogP contribution in [-0.4, -0.2) is 34.4 Å². The third kappa shape index (κ3) is 2.96. The third-order valence-corrected chi connectivity index (χ3v) is 2.81. The molecule has 0 spiro atoms. The van der Waals surface area contributed by atoms with Crippen molar-refractivity contribution >= 4 is 5.97 Å². The number of rotatable bonds is 7. The molecule has 0 saturated carbocycles. The van der Waals surface area contributed by atoms with Gasteiger partial charge in [-0.2, -0.15) is 0 Å². The Bertz CT molecular complexity index is 174. The number of hydrogen-bond acceptors (Lipinski definition) is 3. The molecule has 0 heterocycles. The van der Waals surface area contributed by atoms with Crippen molar-refractivity contribution in [2.45, 2.75) is 51.6 Å². The molecule has 4 nitrogen and oxygen atoms in total. The number of carbonyl (C=O) groups is 1. The minimum Gasteiger partial charge on any atom is -0.480 e. The molecule has 0 aromatic carbocycles. The van der Waals surface area contributed by atoms with Gasteiger partial charge in [0, 0.05) is 6.04 Å². The average molecular weight is 203 g/mol. The number of aliphatic hydroxyl groups is 1. The zero-order valence-corrected chi connectivity index (χ0v) is 9.21. The lowest BCUT2D eigenvalue weighted by Crippen LogP contribution is -2.56. The molecule has 0 aromatic heterocycles. The fourth-order valence-corrected chi connectivity index (χ4v) is 1.49. The van der Waals surface area contributed by atoms with Crippen LogP contribution in [0.2, 0.25) is 0 Å². The van der Waals surface area contributed by atoms with Crippen molar-refractivity contribution in [2.75, 3.05) is 6.61 Å². The summed E-state index contributed by atoms with van der Waals surface area (Å²) < 4.78 is 0. The molecule has 1 atom stereocenters. The summed E-state index contributed by atoms with van der Waals surface area (Å²) >= 11 is 0. The molecule has 0 aliphatic rings. The summed E-state index contributed by atoms with van der Waals surface area (Å²) in [6.45, 7) is 5.58. The molecule has 0 aliphatic carbocycles. The maximum absolute atomic E-state index is 11.1. The lowest BCUT2D eigenvalue weighted by molar-refractivity contribution is -0.145. The van der Waals surface area contributed by atoms with E-state index in [1.165, 1.54) is 0 Å². The van der Waals surface area contributed by atoms with Crippen molar-refractivity contribution in [1.82, 2.24) is 5.32 Å². The monoisotopic (exact) mass is 203 g/mol. The van der Waals surface area contributed by atoms with Crippen LogP contribution in [-0.2, 0) is 4.79 Å². The van der Waals surface area contributed by atoms with Gasteiger partial charge in [0.2, 0.25) is 0 Å². The van der Waals surface area contributed by atoms with Crippen LogP contribution in [0, 0.1) is 0 Å². The molecule has 3 N–H and O–H groups in total. The van der Waals surface area contributed by atoms with Crippen molar-refractivity contribution in [3.8, 4) is 0 Å². The van der Waals surface area contributed by atoms with Gasteiger partial charge in [0.05, 0.1) is 6.61 Å². The Morgan fingerprint density at radius 3 is 2.07 bits per heavy atom. The molecule has 0 aliphatic heterocycles. The highest BCUT2D eigenvalue weighted by molar-refractivity contribution is 5.78. The fraction of sp³-hybridized carbons (Fsp3) is 0.900. The average Bonchev–Trinajstić information content (AvgIpc) is 2.20. The summed E-state index contributed by atoms with van der Waals surface area (Å²) in [6.07, 6.45) is 1.77. The quantitative estimate of drug-likeness (QED) is 0.577. The van der Waals surface area contributed by atoms with Crippen LogP contribution in [0.15, 0.2) is 0 Å². The second-order valence-corrected chi connectivity index (χ2v) is 3.53. The minimum absolute atomic E-state index is 0.0223. The Morgan fingerprint density at radius 1 is 1.36 bits per heavy atom. The van der Waals surface area contributed by atoms with Crippen molar-refractivity contribution in [1.29, 1.82) is 0 Å². The zero-order chi connectivity index (χ0) is 11.2. The maximum atomic E-state index is 11.1. The van der Waals surface area contributed by atoms with E-state index in [0.717, 1.165) is 6.42 Å². The molecule has 84 valence electrons. The topological polar surface area (TPSA) is 69.6 Å². The molecule has 0 radical (unpaired) electrons. The summed E-state index contributed by atoms with van der Waals surface area (Å²) in [5.41, 5.74) is -0.886. The van der Waals surface area contributed by atoms with Gasteiger partial charge >= 0.3 is 5.97 Å². The molecule has 0 fully saturated rings. The summed E-state index contributed by atoms with van der Waals surface area (Å²) in [4.78, 5) is 11.1. The van der Waals surface area contributed by atoms with Gasteiger partial charge in [0.25, 0.3) is 0 Å². The van der Waals surface area contributed by atoms with Crippen molar-refractivity contribution in [2.24, 2.45) is 0 Å². The molecular formula is C10H21NO3. The lowest BCUT2D eigenvalue weighted by atomic mass is 9.91. The van der Waals surface area contributed by atoms with E-state index in [4.69, 9.17) is 10.2 Å². The Kier molecular flexibility index (Phi) is 5.72. The largest absolute Gasteiger partial charge is 0.480 e. The molecular weight excluding hydrogens is 182 g/mol. The van der Waals surface area contributed by atoms with Crippen LogP contribution >= 0.6 is 0 Å². The Morgan fingerprint density at radius 2 is 1.86 bits per heavy atom. The van der Waals surface area contributed by atoms with Crippen LogP contribution in [0.25, 0.3) is 0 Å². The van der Waals surface area contributed by atoms with Crippen LogP contribution in [0.3, 0.4) is 0 Å². The van der Waals surface area contributed by atoms with Crippen LogP contribution in [0.1, 0.15) is 40.0 Å². The van der Waals surface area contributed by atoms with Crippen LogP contribution in [0.4, 0.5) is 0 Å². The third-order valence-electron chi connectivity index (χ3n) is 2.81. The fourth-order valence-electron chi connectivity index (χ4n) is 1.49. The Labute approximate surface area is 85.3 Å². The summed E-state index contributed by atoms with van der Waals surface area (Å²) in [5, 5.41) is 21.1. The summed E-state index contributed by atoms with van der Waals surface area (Å²) in [7, 11) is 0. The SMILES string of the molecule is CCC(CO)NC(CC)(CC)C(=O)O. The lowest BCUT2D eigenvalue weighted by Gasteiger charge is -2.32. The molecule has 0 aromatic rings. The molecule has 14 heavy (non-hydrogen) atoms. The zero-order valence-electron chi connectivity index (χ0n) is 9.21. The van der Waals surface area contributed by atoms with Gasteiger partial charge in [-0.3, -0.25) is 10.1 Å². The van der Waals surface area contributed by atoms with E-state index < -0.39 is 11.5 Å². The number of carboxylic acids is 1. The predicted octanol–water partition coefficient (Wildman–Crippen LogP) is 0.990. The molecule has 0 amide bonds. The highest BCUT2D eigenvalue weighted by atomic mass is 16.4. The first kappa shape index (κ1) is 13.4. The molecule has 0 saturated heterocycles. The summed E-state index contributed by atoms with van der Waals surface area (Å²) in [5.74, 6) is -0.839. The normalized spacial score (nSPS) is 14.0. The van der Waals surface area contributed by atoms with E-state index in [-0.39, 0.29) is 12.6 Å². The van der Waals surface area contributed by atoms with Gasteiger partial charge < -0.3 is 10.2 Å². The van der Waals surface area contributed by atoms with E-state index in [1.54, 1.807) is 0 Å². The first-order chi connectivity index (χ1) is 6.56. The highest BCUT2D eigenvalue weighted by Crippen LogP contribution is 2.16. The Balaban J connectivity index is 4.56. The van der Waals surface area contributed by atoms with Gasteiger partial charge in [-0.15, -0.1) is 0 Å². The van der Waals surface area contributed by atoms with E-state index in [0.29, 0.717) is 12.8 Å². The van der Waals surface area contributed by atoms with E-state index in [2.05, 4.69) is 5.32 Å². The van der Waals surface area contributed by atoms with Gasteiger partial charge in [-0.25, -0.2) is 0 Å². The number of aliphatic hydroxyl groups excluding tert-OH is 1. The number of nitrogens with one attached hydrogen (secondary N) is 1. The van der Waals surface area contributed by atoms with E-state index in [9.17, 15) is 4.79 Å². The standard InChI is InChI=1S/C10H21NO3/c1-4-8(7-12)11-10(5-2,6-3)9(13)14/h8,11-12H,4-7H2,1-3H3,(H,13,14). The minimum atomic E-state index is -0.886. The second-order valence-electron chi connectivity index (χ2n) is 3.53. The first-order valence-electron chi connectivity index (χ1n) is 5.18. The number of carboxylic acid groups (broad SMARTS) is 1.